The summed E-state index contributed by atoms with van der Waals surface area (Å²) in [6.07, 6.45) is 4.76. The third-order valence-corrected chi connectivity index (χ3v) is 4.47. The van der Waals surface area contributed by atoms with E-state index in [2.05, 4.69) is 5.32 Å². The van der Waals surface area contributed by atoms with Crippen LogP contribution in [-0.4, -0.2) is 25.7 Å². The van der Waals surface area contributed by atoms with E-state index in [-0.39, 0.29) is 12.5 Å². The van der Waals surface area contributed by atoms with Gasteiger partial charge in [-0.05, 0) is 50.3 Å². The molecule has 1 N–H and O–H groups in total. The average molecular weight is 343 g/mol. The van der Waals surface area contributed by atoms with E-state index in [1.807, 2.05) is 31.2 Å². The van der Waals surface area contributed by atoms with Crippen molar-refractivity contribution in [3.63, 3.8) is 0 Å². The molecule has 1 fully saturated rings. The molecule has 1 amide bonds. The summed E-state index contributed by atoms with van der Waals surface area (Å²) in [5, 5.41) is 2.97. The Morgan fingerprint density at radius 1 is 1.28 bits per heavy atom. The van der Waals surface area contributed by atoms with Gasteiger partial charge in [0, 0.05) is 19.8 Å². The number of hydrogen-bond acceptors (Lipinski definition) is 4. The zero-order chi connectivity index (χ0) is 17.5. The maximum atomic E-state index is 12.4. The summed E-state index contributed by atoms with van der Waals surface area (Å²) >= 11 is 0. The van der Waals surface area contributed by atoms with Crippen LogP contribution < -0.4 is 10.1 Å². The minimum absolute atomic E-state index is 0.118. The van der Waals surface area contributed by atoms with Gasteiger partial charge < -0.3 is 19.2 Å². The van der Waals surface area contributed by atoms with Crippen molar-refractivity contribution >= 4 is 5.91 Å². The predicted octanol–water partition coefficient (Wildman–Crippen LogP) is 3.71. The normalized spacial score (nSPS) is 17.2. The Labute approximate surface area is 148 Å². The van der Waals surface area contributed by atoms with Gasteiger partial charge in [0.05, 0.1) is 11.8 Å². The van der Waals surface area contributed by atoms with Gasteiger partial charge in [-0.1, -0.05) is 17.7 Å². The molecular weight excluding hydrogens is 318 g/mol. The van der Waals surface area contributed by atoms with Crippen LogP contribution >= 0.6 is 0 Å². The summed E-state index contributed by atoms with van der Waals surface area (Å²) in [6, 6.07) is 9.47. The van der Waals surface area contributed by atoms with Gasteiger partial charge in [-0.2, -0.15) is 0 Å². The van der Waals surface area contributed by atoms with E-state index in [0.717, 1.165) is 31.8 Å². The van der Waals surface area contributed by atoms with E-state index < -0.39 is 0 Å². The first-order valence-electron chi connectivity index (χ1n) is 8.84. The van der Waals surface area contributed by atoms with E-state index in [9.17, 15) is 4.79 Å². The maximum absolute atomic E-state index is 12.4. The van der Waals surface area contributed by atoms with Crippen molar-refractivity contribution < 1.29 is 18.7 Å². The molecule has 1 aliphatic heterocycles. The Morgan fingerprint density at radius 2 is 2.12 bits per heavy atom. The highest BCUT2D eigenvalue weighted by molar-refractivity contribution is 5.95. The number of benzene rings is 1. The molecule has 1 aliphatic rings. The lowest BCUT2D eigenvalue weighted by molar-refractivity contribution is 0.0514. The molecule has 1 atom stereocenters. The van der Waals surface area contributed by atoms with Crippen LogP contribution in [0.5, 0.6) is 5.75 Å². The summed E-state index contributed by atoms with van der Waals surface area (Å²) in [4.78, 5) is 12.4. The monoisotopic (exact) mass is 343 g/mol. The number of nitrogens with one attached hydrogen (secondary N) is 1. The first-order valence-corrected chi connectivity index (χ1v) is 8.84. The fourth-order valence-electron chi connectivity index (χ4n) is 2.96. The average Bonchev–Trinajstić information content (AvgIpc) is 3.11. The van der Waals surface area contributed by atoms with E-state index in [4.69, 9.17) is 13.9 Å². The number of amides is 1. The zero-order valence-corrected chi connectivity index (χ0v) is 14.6. The molecule has 2 heterocycles. The molecule has 1 aromatic carbocycles. The fraction of sp³-hybridized carbons (Fsp3) is 0.450. The van der Waals surface area contributed by atoms with Gasteiger partial charge in [-0.3, -0.25) is 4.79 Å². The molecule has 134 valence electrons. The van der Waals surface area contributed by atoms with Crippen molar-refractivity contribution in [3.8, 4) is 5.75 Å². The Balaban J connectivity index is 1.48. The summed E-state index contributed by atoms with van der Waals surface area (Å²) in [5.41, 5.74) is 1.71. The first-order chi connectivity index (χ1) is 12.2. The van der Waals surface area contributed by atoms with Crippen molar-refractivity contribution in [2.45, 2.75) is 32.8 Å². The quantitative estimate of drug-likeness (QED) is 0.832. The van der Waals surface area contributed by atoms with Crippen LogP contribution in [0.3, 0.4) is 0 Å². The smallest absolute Gasteiger partial charge is 0.254 e. The van der Waals surface area contributed by atoms with Crippen LogP contribution in [0.1, 0.15) is 40.9 Å². The molecule has 0 radical (unpaired) electrons. The van der Waals surface area contributed by atoms with Crippen molar-refractivity contribution in [3.05, 3.63) is 53.5 Å². The lowest BCUT2D eigenvalue weighted by Crippen LogP contribution is -2.28. The highest BCUT2D eigenvalue weighted by atomic mass is 16.5. The molecule has 1 aromatic heterocycles. The van der Waals surface area contributed by atoms with Crippen molar-refractivity contribution in [2.24, 2.45) is 5.92 Å². The van der Waals surface area contributed by atoms with Crippen LogP contribution in [0.4, 0.5) is 0 Å². The number of rotatable bonds is 7. The number of hydrogen-bond donors (Lipinski definition) is 1. The standard InChI is InChI=1S/C20H25NO4/c1-15-4-6-17(7-5-15)25-14-19-18(9-12-24-19)20(22)21-10-8-16-3-2-11-23-13-16/h4-7,9,12,16H,2-3,8,10-11,13-14H2,1H3,(H,21,22)/t16-/m1/s1. The van der Waals surface area contributed by atoms with E-state index >= 15 is 0 Å². The topological polar surface area (TPSA) is 60.7 Å². The van der Waals surface area contributed by atoms with Crippen LogP contribution in [0, 0.1) is 12.8 Å². The summed E-state index contributed by atoms with van der Waals surface area (Å²) in [6.45, 7) is 4.57. The predicted molar refractivity (Wildman–Crippen MR) is 94.7 cm³/mol. The largest absolute Gasteiger partial charge is 0.486 e. The Morgan fingerprint density at radius 3 is 2.88 bits per heavy atom. The second kappa shape index (κ2) is 8.72. The minimum Gasteiger partial charge on any atom is -0.486 e. The van der Waals surface area contributed by atoms with Gasteiger partial charge in [0.1, 0.15) is 12.4 Å². The number of ether oxygens (including phenoxy) is 2. The molecular formula is C20H25NO4. The zero-order valence-electron chi connectivity index (χ0n) is 14.6. The van der Waals surface area contributed by atoms with Crippen LogP contribution in [0.15, 0.2) is 41.0 Å². The summed E-state index contributed by atoms with van der Waals surface area (Å²) in [7, 11) is 0. The molecule has 1 saturated heterocycles. The van der Waals surface area contributed by atoms with Gasteiger partial charge in [0.2, 0.25) is 0 Å². The third-order valence-electron chi connectivity index (χ3n) is 4.47. The molecule has 2 aromatic rings. The second-order valence-corrected chi connectivity index (χ2v) is 6.49. The van der Waals surface area contributed by atoms with Crippen LogP contribution in [-0.2, 0) is 11.3 Å². The van der Waals surface area contributed by atoms with Gasteiger partial charge >= 0.3 is 0 Å². The first kappa shape index (κ1) is 17.5. The van der Waals surface area contributed by atoms with Crippen molar-refractivity contribution in [2.75, 3.05) is 19.8 Å². The van der Waals surface area contributed by atoms with Gasteiger partial charge in [0.15, 0.2) is 5.76 Å². The van der Waals surface area contributed by atoms with Gasteiger partial charge in [-0.25, -0.2) is 0 Å². The molecule has 0 bridgehead atoms. The SMILES string of the molecule is Cc1ccc(OCc2occc2C(=O)NCC[C@H]2CCCOC2)cc1. The lowest BCUT2D eigenvalue weighted by Gasteiger charge is -2.21. The number of furan rings is 1. The van der Waals surface area contributed by atoms with Crippen LogP contribution in [0.2, 0.25) is 0 Å². The molecule has 0 spiro atoms. The molecule has 0 unspecified atom stereocenters. The molecule has 5 heteroatoms. The Hall–Kier alpha value is -2.27. The number of aryl methyl sites for hydroxylation is 1. The molecule has 0 saturated carbocycles. The minimum atomic E-state index is -0.118. The number of carbonyl (C=O) groups is 1. The Bertz CT molecular complexity index is 671. The van der Waals surface area contributed by atoms with Crippen molar-refractivity contribution in [1.29, 1.82) is 0 Å². The maximum Gasteiger partial charge on any atom is 0.254 e. The summed E-state index contributed by atoms with van der Waals surface area (Å²) < 4.78 is 16.6. The third kappa shape index (κ3) is 5.10. The highest BCUT2D eigenvalue weighted by Crippen LogP contribution is 2.18. The second-order valence-electron chi connectivity index (χ2n) is 6.49. The molecule has 25 heavy (non-hydrogen) atoms. The summed E-state index contributed by atoms with van der Waals surface area (Å²) in [5.74, 6) is 1.72. The van der Waals surface area contributed by atoms with E-state index in [0.29, 0.717) is 23.8 Å². The van der Waals surface area contributed by atoms with E-state index in [1.165, 1.54) is 18.2 Å². The molecule has 5 nitrogen and oxygen atoms in total. The highest BCUT2D eigenvalue weighted by Gasteiger charge is 2.17. The number of carbonyl (C=O) groups excluding carboxylic acids is 1. The van der Waals surface area contributed by atoms with Gasteiger partial charge in [0.25, 0.3) is 5.91 Å². The van der Waals surface area contributed by atoms with Crippen LogP contribution in [0.25, 0.3) is 0 Å². The molecule has 0 aliphatic carbocycles. The lowest BCUT2D eigenvalue weighted by atomic mass is 9.99. The molecule has 3 rings (SSSR count). The van der Waals surface area contributed by atoms with E-state index in [1.54, 1.807) is 6.07 Å². The van der Waals surface area contributed by atoms with Gasteiger partial charge in [-0.15, -0.1) is 0 Å². The fourth-order valence-corrected chi connectivity index (χ4v) is 2.96. The Kier molecular flexibility index (Phi) is 6.12. The van der Waals surface area contributed by atoms with Crippen molar-refractivity contribution in [1.82, 2.24) is 5.32 Å².